The van der Waals surface area contributed by atoms with Crippen molar-refractivity contribution in [2.24, 2.45) is 0 Å². The molecule has 3 rings (SSSR count). The van der Waals surface area contributed by atoms with Crippen LogP contribution >= 0.6 is 0 Å². The minimum Gasteiger partial charge on any atom is -0.370 e. The first kappa shape index (κ1) is 15.7. The Hall–Kier alpha value is -2.21. The minimum absolute atomic E-state index is 0.102. The second-order valence-corrected chi connectivity index (χ2v) is 5.77. The van der Waals surface area contributed by atoms with Crippen molar-refractivity contribution in [3.63, 3.8) is 0 Å². The smallest absolute Gasteiger partial charge is 0.276 e. The fourth-order valence-corrected chi connectivity index (χ4v) is 2.74. The Morgan fingerprint density at radius 2 is 2.30 bits per heavy atom. The van der Waals surface area contributed by atoms with E-state index in [0.29, 0.717) is 25.4 Å². The summed E-state index contributed by atoms with van der Waals surface area (Å²) >= 11 is 0. The number of aromatic nitrogens is 2. The molecule has 0 aliphatic carbocycles. The van der Waals surface area contributed by atoms with Crippen molar-refractivity contribution >= 4 is 5.91 Å². The van der Waals surface area contributed by atoms with Crippen LogP contribution in [0.15, 0.2) is 28.9 Å². The van der Waals surface area contributed by atoms with E-state index in [4.69, 9.17) is 9.26 Å². The maximum Gasteiger partial charge on any atom is 0.276 e. The molecule has 2 aromatic rings. The van der Waals surface area contributed by atoms with Gasteiger partial charge in [0.1, 0.15) is 11.9 Å². The number of aryl methyl sites for hydroxylation is 2. The van der Waals surface area contributed by atoms with Gasteiger partial charge in [0.2, 0.25) is 0 Å². The molecule has 122 valence electrons. The third kappa shape index (κ3) is 3.59. The lowest BCUT2D eigenvalue weighted by Crippen LogP contribution is -2.42. The highest BCUT2D eigenvalue weighted by molar-refractivity contribution is 5.92. The van der Waals surface area contributed by atoms with E-state index in [1.54, 1.807) is 17.2 Å². The van der Waals surface area contributed by atoms with Gasteiger partial charge in [-0.05, 0) is 31.0 Å². The summed E-state index contributed by atoms with van der Waals surface area (Å²) in [4.78, 5) is 18.6. The number of morpholine rings is 1. The predicted molar refractivity (Wildman–Crippen MR) is 84.1 cm³/mol. The summed E-state index contributed by atoms with van der Waals surface area (Å²) in [5, 5.41) is 3.90. The molecule has 0 aromatic carbocycles. The van der Waals surface area contributed by atoms with Crippen LogP contribution in [0, 0.1) is 6.92 Å². The summed E-state index contributed by atoms with van der Waals surface area (Å²) in [5.41, 5.74) is 2.36. The maximum atomic E-state index is 12.6. The quantitative estimate of drug-likeness (QED) is 0.867. The number of carbonyl (C=O) groups excluding carboxylic acids is 1. The van der Waals surface area contributed by atoms with Crippen LogP contribution in [0.2, 0.25) is 0 Å². The monoisotopic (exact) mass is 315 g/mol. The van der Waals surface area contributed by atoms with E-state index in [1.165, 1.54) is 0 Å². The van der Waals surface area contributed by atoms with Crippen molar-refractivity contribution in [2.75, 3.05) is 19.7 Å². The van der Waals surface area contributed by atoms with Gasteiger partial charge in [-0.1, -0.05) is 12.1 Å². The van der Waals surface area contributed by atoms with Gasteiger partial charge < -0.3 is 14.2 Å². The molecule has 3 heterocycles. The molecule has 0 radical (unpaired) electrons. The summed E-state index contributed by atoms with van der Waals surface area (Å²) < 4.78 is 11.0. The normalized spacial score (nSPS) is 18.2. The summed E-state index contributed by atoms with van der Waals surface area (Å²) in [6, 6.07) is 5.67. The first-order valence-corrected chi connectivity index (χ1v) is 7.96. The zero-order valence-electron chi connectivity index (χ0n) is 13.5. The van der Waals surface area contributed by atoms with E-state index >= 15 is 0 Å². The molecule has 23 heavy (non-hydrogen) atoms. The Morgan fingerprint density at radius 3 is 3.09 bits per heavy atom. The average Bonchev–Trinajstić information content (AvgIpc) is 3.03. The first-order valence-electron chi connectivity index (χ1n) is 7.96. The van der Waals surface area contributed by atoms with Gasteiger partial charge in [-0.25, -0.2) is 0 Å². The molecule has 0 bridgehead atoms. The molecule has 2 aromatic heterocycles. The van der Waals surface area contributed by atoms with Gasteiger partial charge >= 0.3 is 0 Å². The van der Waals surface area contributed by atoms with Crippen LogP contribution in [0.25, 0.3) is 0 Å². The standard InChI is InChI=1S/C17H21N3O3/c1-3-4-14-10-15(19-23-14)17(21)20-7-8-22-16(11-20)13-5-6-18-12(2)9-13/h5-6,9-10,16H,3-4,7-8,11H2,1-2H3. The number of ether oxygens (including phenoxy) is 1. The van der Waals surface area contributed by atoms with Crippen LogP contribution in [0.1, 0.15) is 47.0 Å². The molecule has 0 N–H and O–H groups in total. The fraction of sp³-hybridized carbons (Fsp3) is 0.471. The number of nitrogens with zero attached hydrogens (tertiary/aromatic N) is 3. The van der Waals surface area contributed by atoms with Crippen molar-refractivity contribution in [1.29, 1.82) is 0 Å². The van der Waals surface area contributed by atoms with Gasteiger partial charge in [-0.15, -0.1) is 0 Å². The maximum absolute atomic E-state index is 12.6. The molecule has 1 saturated heterocycles. The minimum atomic E-state index is -0.128. The van der Waals surface area contributed by atoms with Gasteiger partial charge in [0.25, 0.3) is 5.91 Å². The zero-order valence-corrected chi connectivity index (χ0v) is 13.5. The van der Waals surface area contributed by atoms with E-state index in [9.17, 15) is 4.79 Å². The number of hydrogen-bond donors (Lipinski definition) is 0. The van der Waals surface area contributed by atoms with Crippen LogP contribution in [0.4, 0.5) is 0 Å². The molecular weight excluding hydrogens is 294 g/mol. The Labute approximate surface area is 135 Å². The van der Waals surface area contributed by atoms with Gasteiger partial charge in [-0.3, -0.25) is 9.78 Å². The molecule has 0 spiro atoms. The number of hydrogen-bond acceptors (Lipinski definition) is 5. The molecule has 1 unspecified atom stereocenters. The third-order valence-electron chi connectivity index (χ3n) is 3.92. The highest BCUT2D eigenvalue weighted by Crippen LogP contribution is 2.23. The molecule has 6 nitrogen and oxygen atoms in total. The lowest BCUT2D eigenvalue weighted by molar-refractivity contribution is -0.0231. The SMILES string of the molecule is CCCc1cc(C(=O)N2CCOC(c3ccnc(C)c3)C2)no1. The van der Waals surface area contributed by atoms with Crippen molar-refractivity contribution < 1.29 is 14.1 Å². The Balaban J connectivity index is 1.71. The van der Waals surface area contributed by atoms with Crippen molar-refractivity contribution in [1.82, 2.24) is 15.0 Å². The Kier molecular flexibility index (Phi) is 4.71. The van der Waals surface area contributed by atoms with E-state index in [2.05, 4.69) is 17.1 Å². The summed E-state index contributed by atoms with van der Waals surface area (Å²) in [6.45, 7) is 5.60. The van der Waals surface area contributed by atoms with Crippen molar-refractivity contribution in [3.8, 4) is 0 Å². The lowest BCUT2D eigenvalue weighted by atomic mass is 10.1. The lowest BCUT2D eigenvalue weighted by Gasteiger charge is -2.32. The van der Waals surface area contributed by atoms with Crippen molar-refractivity contribution in [3.05, 3.63) is 47.1 Å². The van der Waals surface area contributed by atoms with Crippen LogP contribution in [0.3, 0.4) is 0 Å². The van der Waals surface area contributed by atoms with Crippen LogP contribution < -0.4 is 0 Å². The van der Waals surface area contributed by atoms with E-state index in [0.717, 1.165) is 29.9 Å². The second kappa shape index (κ2) is 6.91. The van der Waals surface area contributed by atoms with Gasteiger partial charge in [0, 0.05) is 30.9 Å². The molecule has 0 saturated carbocycles. The predicted octanol–water partition coefficient (Wildman–Crippen LogP) is 2.54. The van der Waals surface area contributed by atoms with Gasteiger partial charge in [-0.2, -0.15) is 0 Å². The average molecular weight is 315 g/mol. The molecule has 1 amide bonds. The molecule has 1 aliphatic rings. The number of amides is 1. The molecule has 1 fully saturated rings. The largest absolute Gasteiger partial charge is 0.370 e. The van der Waals surface area contributed by atoms with Crippen LogP contribution in [0.5, 0.6) is 0 Å². The van der Waals surface area contributed by atoms with E-state index in [-0.39, 0.29) is 12.0 Å². The second-order valence-electron chi connectivity index (χ2n) is 5.77. The van der Waals surface area contributed by atoms with E-state index in [1.807, 2.05) is 19.1 Å². The van der Waals surface area contributed by atoms with Gasteiger partial charge in [0.15, 0.2) is 5.69 Å². The summed E-state index contributed by atoms with van der Waals surface area (Å²) in [7, 11) is 0. The fourth-order valence-electron chi connectivity index (χ4n) is 2.74. The summed E-state index contributed by atoms with van der Waals surface area (Å²) in [6.07, 6.45) is 3.40. The highest BCUT2D eigenvalue weighted by Gasteiger charge is 2.28. The molecular formula is C17H21N3O3. The third-order valence-corrected chi connectivity index (χ3v) is 3.92. The van der Waals surface area contributed by atoms with Crippen LogP contribution in [-0.4, -0.2) is 40.6 Å². The Bertz CT molecular complexity index is 683. The first-order chi connectivity index (χ1) is 11.2. The van der Waals surface area contributed by atoms with Crippen LogP contribution in [-0.2, 0) is 11.2 Å². The summed E-state index contributed by atoms with van der Waals surface area (Å²) in [5.74, 6) is 0.653. The molecule has 6 heteroatoms. The van der Waals surface area contributed by atoms with Gasteiger partial charge in [0.05, 0.1) is 13.2 Å². The topological polar surface area (TPSA) is 68.5 Å². The van der Waals surface area contributed by atoms with E-state index < -0.39 is 0 Å². The van der Waals surface area contributed by atoms with Crippen molar-refractivity contribution in [2.45, 2.75) is 32.8 Å². The number of rotatable bonds is 4. The highest BCUT2D eigenvalue weighted by atomic mass is 16.5. The Morgan fingerprint density at radius 1 is 1.43 bits per heavy atom. The zero-order chi connectivity index (χ0) is 16.2. The number of carbonyl (C=O) groups is 1. The molecule has 1 aliphatic heterocycles. The molecule has 1 atom stereocenters. The number of pyridine rings is 1.